The normalized spacial score (nSPS) is 18.3. The molecule has 0 fully saturated rings. The molecule has 136 valence electrons. The molecule has 0 radical (unpaired) electrons. The van der Waals surface area contributed by atoms with Gasteiger partial charge >= 0.3 is 0 Å². The lowest BCUT2D eigenvalue weighted by atomic mass is 9.91. The van der Waals surface area contributed by atoms with Crippen molar-refractivity contribution in [2.24, 2.45) is 0 Å². The van der Waals surface area contributed by atoms with E-state index in [1.165, 1.54) is 28.9 Å². The lowest BCUT2D eigenvalue weighted by Crippen LogP contribution is -2.28. The smallest absolute Gasteiger partial charge is 0.280 e. The summed E-state index contributed by atoms with van der Waals surface area (Å²) >= 11 is 6.16. The van der Waals surface area contributed by atoms with Crippen molar-refractivity contribution in [1.29, 1.82) is 0 Å². The number of benzene rings is 1. The van der Waals surface area contributed by atoms with Crippen molar-refractivity contribution < 1.29 is 8.78 Å². The summed E-state index contributed by atoms with van der Waals surface area (Å²) in [7, 11) is 0. The SMILES string of the molecule is CC(NC1CCCc2c1[nH]c1ccc(Cl)cc21)c1ccc(C(F)F)nc1. The molecule has 2 heterocycles. The molecule has 0 saturated carbocycles. The van der Waals surface area contributed by atoms with Crippen molar-refractivity contribution in [2.45, 2.75) is 44.7 Å². The summed E-state index contributed by atoms with van der Waals surface area (Å²) < 4.78 is 25.4. The van der Waals surface area contributed by atoms with Gasteiger partial charge in [0.15, 0.2) is 0 Å². The number of hydrogen-bond acceptors (Lipinski definition) is 2. The predicted molar refractivity (Wildman–Crippen MR) is 99.7 cm³/mol. The Hall–Kier alpha value is -1.98. The van der Waals surface area contributed by atoms with Gasteiger partial charge in [0.05, 0.1) is 0 Å². The van der Waals surface area contributed by atoms with E-state index in [-0.39, 0.29) is 17.8 Å². The van der Waals surface area contributed by atoms with E-state index >= 15 is 0 Å². The van der Waals surface area contributed by atoms with Gasteiger partial charge in [-0.3, -0.25) is 4.98 Å². The Kier molecular flexibility index (Phi) is 4.67. The van der Waals surface area contributed by atoms with Gasteiger partial charge in [0.25, 0.3) is 6.43 Å². The average molecular weight is 376 g/mol. The number of nitrogens with zero attached hydrogens (tertiary/aromatic N) is 1. The quantitative estimate of drug-likeness (QED) is 0.597. The molecule has 4 rings (SSSR count). The number of H-pyrrole nitrogens is 1. The molecule has 26 heavy (non-hydrogen) atoms. The minimum atomic E-state index is -2.54. The van der Waals surface area contributed by atoms with Gasteiger partial charge in [0, 0.05) is 39.9 Å². The molecule has 2 aromatic heterocycles. The van der Waals surface area contributed by atoms with Crippen LogP contribution in [-0.4, -0.2) is 9.97 Å². The van der Waals surface area contributed by atoms with Crippen LogP contribution in [0.2, 0.25) is 5.02 Å². The van der Waals surface area contributed by atoms with Crippen LogP contribution < -0.4 is 5.32 Å². The number of nitrogens with one attached hydrogen (secondary N) is 2. The molecular weight excluding hydrogens is 356 g/mol. The van der Waals surface area contributed by atoms with Crippen LogP contribution in [0.25, 0.3) is 10.9 Å². The standard InChI is InChI=1S/C20H20ClF2N3/c1-11(12-5-7-18(20(22)23)24-10-12)25-17-4-2-3-14-15-9-13(21)6-8-16(15)26-19(14)17/h5-11,17,20,25-26H,2-4H2,1H3. The topological polar surface area (TPSA) is 40.7 Å². The van der Waals surface area contributed by atoms with Gasteiger partial charge in [-0.15, -0.1) is 0 Å². The summed E-state index contributed by atoms with van der Waals surface area (Å²) in [6, 6.07) is 9.26. The Morgan fingerprint density at radius 1 is 1.27 bits per heavy atom. The first-order valence-corrected chi connectivity index (χ1v) is 9.21. The lowest BCUT2D eigenvalue weighted by molar-refractivity contribution is 0.146. The molecule has 0 spiro atoms. The Morgan fingerprint density at radius 2 is 2.12 bits per heavy atom. The molecule has 1 aliphatic rings. The number of aromatic amines is 1. The second-order valence-corrected chi connectivity index (χ2v) is 7.29. The van der Waals surface area contributed by atoms with Crippen LogP contribution in [-0.2, 0) is 6.42 Å². The maximum atomic E-state index is 12.7. The number of aryl methyl sites for hydroxylation is 1. The number of fused-ring (bicyclic) bond motifs is 3. The van der Waals surface area contributed by atoms with Gasteiger partial charge in [0.1, 0.15) is 5.69 Å². The van der Waals surface area contributed by atoms with Gasteiger partial charge in [-0.2, -0.15) is 0 Å². The van der Waals surface area contributed by atoms with Crippen molar-refractivity contribution in [3.8, 4) is 0 Å². The van der Waals surface area contributed by atoms with Crippen LogP contribution in [0, 0.1) is 0 Å². The minimum Gasteiger partial charge on any atom is -0.357 e. The molecule has 2 unspecified atom stereocenters. The maximum absolute atomic E-state index is 12.7. The van der Waals surface area contributed by atoms with Crippen LogP contribution in [0.15, 0.2) is 36.5 Å². The average Bonchev–Trinajstić information content (AvgIpc) is 3.01. The monoisotopic (exact) mass is 375 g/mol. The van der Waals surface area contributed by atoms with E-state index in [0.29, 0.717) is 0 Å². The Morgan fingerprint density at radius 3 is 2.85 bits per heavy atom. The molecular formula is C20H20ClF2N3. The Labute approximate surface area is 155 Å². The highest BCUT2D eigenvalue weighted by Crippen LogP contribution is 2.36. The van der Waals surface area contributed by atoms with Crippen molar-refractivity contribution in [3.63, 3.8) is 0 Å². The van der Waals surface area contributed by atoms with Gasteiger partial charge < -0.3 is 10.3 Å². The summed E-state index contributed by atoms with van der Waals surface area (Å²) in [5.41, 5.74) is 4.35. The minimum absolute atomic E-state index is 0.0140. The molecule has 1 aliphatic carbocycles. The van der Waals surface area contributed by atoms with Gasteiger partial charge in [-0.05, 0) is 61.6 Å². The molecule has 2 N–H and O–H groups in total. The zero-order valence-electron chi connectivity index (χ0n) is 14.4. The van der Waals surface area contributed by atoms with Gasteiger partial charge in [-0.25, -0.2) is 8.78 Å². The number of pyridine rings is 1. The maximum Gasteiger partial charge on any atom is 0.280 e. The highest BCUT2D eigenvalue weighted by atomic mass is 35.5. The number of rotatable bonds is 4. The van der Waals surface area contributed by atoms with E-state index in [1.807, 2.05) is 25.1 Å². The molecule has 3 aromatic rings. The molecule has 1 aromatic carbocycles. The Balaban J connectivity index is 1.59. The highest BCUT2D eigenvalue weighted by Gasteiger charge is 2.25. The van der Waals surface area contributed by atoms with E-state index in [1.54, 1.807) is 6.07 Å². The third kappa shape index (κ3) is 3.21. The van der Waals surface area contributed by atoms with Gasteiger partial charge in [-0.1, -0.05) is 17.7 Å². The fourth-order valence-corrected chi connectivity index (χ4v) is 3.97. The summed E-state index contributed by atoms with van der Waals surface area (Å²) in [4.78, 5) is 7.41. The van der Waals surface area contributed by atoms with E-state index in [4.69, 9.17) is 11.6 Å². The lowest BCUT2D eigenvalue weighted by Gasteiger charge is -2.27. The van der Waals surface area contributed by atoms with E-state index in [9.17, 15) is 8.78 Å². The van der Waals surface area contributed by atoms with E-state index in [2.05, 4.69) is 15.3 Å². The largest absolute Gasteiger partial charge is 0.357 e. The van der Waals surface area contributed by atoms with Crippen molar-refractivity contribution in [3.05, 3.63) is 64.1 Å². The second kappa shape index (κ2) is 6.97. The number of halogens is 3. The third-order valence-corrected chi connectivity index (χ3v) is 5.39. The molecule has 0 saturated heterocycles. The first-order valence-electron chi connectivity index (χ1n) is 8.83. The molecule has 0 aliphatic heterocycles. The van der Waals surface area contributed by atoms with Crippen LogP contribution in [0.5, 0.6) is 0 Å². The van der Waals surface area contributed by atoms with Crippen LogP contribution >= 0.6 is 11.6 Å². The number of hydrogen-bond donors (Lipinski definition) is 2. The number of alkyl halides is 2. The Bertz CT molecular complexity index is 921. The highest BCUT2D eigenvalue weighted by molar-refractivity contribution is 6.31. The van der Waals surface area contributed by atoms with E-state index < -0.39 is 6.43 Å². The molecule has 2 atom stereocenters. The first kappa shape index (κ1) is 17.4. The summed E-state index contributed by atoms with van der Waals surface area (Å²) in [6.07, 6.45) is 2.16. The first-order chi connectivity index (χ1) is 12.5. The predicted octanol–water partition coefficient (Wildman–Crippen LogP) is 5.88. The van der Waals surface area contributed by atoms with Gasteiger partial charge in [0.2, 0.25) is 0 Å². The molecule has 6 heteroatoms. The van der Waals surface area contributed by atoms with Crippen LogP contribution in [0.4, 0.5) is 8.78 Å². The summed E-state index contributed by atoms with van der Waals surface area (Å²) in [6.45, 7) is 2.03. The fraction of sp³-hybridized carbons (Fsp3) is 0.350. The molecule has 0 amide bonds. The summed E-state index contributed by atoms with van der Waals surface area (Å²) in [5.74, 6) is 0. The fourth-order valence-electron chi connectivity index (χ4n) is 3.80. The molecule has 3 nitrogen and oxygen atoms in total. The van der Waals surface area contributed by atoms with E-state index in [0.717, 1.165) is 35.4 Å². The zero-order chi connectivity index (χ0) is 18.3. The molecule has 0 bridgehead atoms. The number of aromatic nitrogens is 2. The van der Waals surface area contributed by atoms with Crippen molar-refractivity contribution in [1.82, 2.24) is 15.3 Å². The third-order valence-electron chi connectivity index (χ3n) is 5.15. The zero-order valence-corrected chi connectivity index (χ0v) is 15.2. The van der Waals surface area contributed by atoms with Crippen molar-refractivity contribution >= 4 is 22.5 Å². The van der Waals surface area contributed by atoms with Crippen LogP contribution in [0.1, 0.15) is 60.8 Å². The summed E-state index contributed by atoms with van der Waals surface area (Å²) in [5, 5.41) is 5.56. The van der Waals surface area contributed by atoms with Crippen molar-refractivity contribution in [2.75, 3.05) is 0 Å². The van der Waals surface area contributed by atoms with Crippen LogP contribution in [0.3, 0.4) is 0 Å². The second-order valence-electron chi connectivity index (χ2n) is 6.86.